The van der Waals surface area contributed by atoms with E-state index < -0.39 is 0 Å². The third-order valence-corrected chi connectivity index (χ3v) is 2.29. The van der Waals surface area contributed by atoms with Gasteiger partial charge in [0.25, 0.3) is 0 Å². The van der Waals surface area contributed by atoms with Crippen molar-refractivity contribution in [3.63, 3.8) is 0 Å². The maximum atomic E-state index is 5.58. The molecule has 2 N–H and O–H groups in total. The summed E-state index contributed by atoms with van der Waals surface area (Å²) < 4.78 is 4.91. The van der Waals surface area contributed by atoms with Crippen molar-refractivity contribution >= 4 is 5.88 Å². The highest BCUT2D eigenvalue weighted by Gasteiger charge is 2.10. The van der Waals surface area contributed by atoms with E-state index in [4.69, 9.17) is 10.3 Å². The summed E-state index contributed by atoms with van der Waals surface area (Å²) in [5, 5.41) is 3.92. The first kappa shape index (κ1) is 8.81. The maximum Gasteiger partial charge on any atom is 0.225 e. The van der Waals surface area contributed by atoms with Gasteiger partial charge in [0.1, 0.15) is 5.69 Å². The largest absolute Gasteiger partial charge is 0.367 e. The Morgan fingerprint density at radius 1 is 1.14 bits per heavy atom. The Morgan fingerprint density at radius 2 is 1.79 bits per heavy atom. The molecule has 0 aliphatic carbocycles. The number of aryl methyl sites for hydroxylation is 1. The number of benzene rings is 1. The lowest BCUT2D eigenvalue weighted by Gasteiger charge is -1.97. The van der Waals surface area contributed by atoms with Crippen LogP contribution in [0.3, 0.4) is 0 Å². The van der Waals surface area contributed by atoms with Crippen LogP contribution in [0.5, 0.6) is 0 Å². The van der Waals surface area contributed by atoms with Crippen molar-refractivity contribution < 1.29 is 4.52 Å². The van der Waals surface area contributed by atoms with Crippen LogP contribution in [0.4, 0.5) is 5.88 Å². The lowest BCUT2D eigenvalue weighted by Crippen LogP contribution is -1.85. The van der Waals surface area contributed by atoms with E-state index in [1.807, 2.05) is 38.1 Å². The first-order valence-electron chi connectivity index (χ1n) is 4.47. The van der Waals surface area contributed by atoms with E-state index in [-0.39, 0.29) is 0 Å². The van der Waals surface area contributed by atoms with E-state index in [0.717, 1.165) is 16.8 Å². The Labute approximate surface area is 82.5 Å². The summed E-state index contributed by atoms with van der Waals surface area (Å²) in [4.78, 5) is 0. The lowest BCUT2D eigenvalue weighted by molar-refractivity contribution is 0.439. The molecule has 1 heterocycles. The van der Waals surface area contributed by atoms with Crippen molar-refractivity contribution in [3.8, 4) is 11.3 Å². The minimum absolute atomic E-state index is 0.389. The average molecular weight is 188 g/mol. The van der Waals surface area contributed by atoms with Crippen molar-refractivity contribution in [2.75, 3.05) is 5.73 Å². The topological polar surface area (TPSA) is 52.0 Å². The fourth-order valence-corrected chi connectivity index (χ4v) is 1.33. The smallest absolute Gasteiger partial charge is 0.225 e. The number of nitrogens with zero attached hydrogens (tertiary/aromatic N) is 1. The van der Waals surface area contributed by atoms with Crippen LogP contribution < -0.4 is 5.73 Å². The van der Waals surface area contributed by atoms with Crippen LogP contribution in [0.2, 0.25) is 0 Å². The Kier molecular flexibility index (Phi) is 2.00. The van der Waals surface area contributed by atoms with E-state index in [2.05, 4.69) is 5.16 Å². The predicted molar refractivity (Wildman–Crippen MR) is 55.8 cm³/mol. The van der Waals surface area contributed by atoms with Crippen LogP contribution in [0.25, 0.3) is 11.3 Å². The van der Waals surface area contributed by atoms with Crippen LogP contribution in [0.15, 0.2) is 28.8 Å². The molecule has 0 saturated heterocycles. The van der Waals surface area contributed by atoms with E-state index in [0.29, 0.717) is 5.88 Å². The zero-order valence-electron chi connectivity index (χ0n) is 8.24. The number of nitrogen functional groups attached to an aromatic ring is 1. The first-order valence-corrected chi connectivity index (χ1v) is 4.47. The van der Waals surface area contributed by atoms with Crippen molar-refractivity contribution in [2.24, 2.45) is 0 Å². The number of hydrogen-bond acceptors (Lipinski definition) is 3. The van der Waals surface area contributed by atoms with Crippen LogP contribution in [0.1, 0.15) is 11.1 Å². The fraction of sp³-hybridized carbons (Fsp3) is 0.182. The molecule has 0 unspecified atom stereocenters. The summed E-state index contributed by atoms with van der Waals surface area (Å²) in [6.07, 6.45) is 0. The van der Waals surface area contributed by atoms with Crippen molar-refractivity contribution in [3.05, 3.63) is 35.4 Å². The second kappa shape index (κ2) is 3.18. The molecule has 0 fully saturated rings. The molecule has 0 amide bonds. The minimum Gasteiger partial charge on any atom is -0.367 e. The Hall–Kier alpha value is -1.77. The molecular formula is C11H12N2O. The Bertz CT molecular complexity index is 443. The van der Waals surface area contributed by atoms with Crippen LogP contribution >= 0.6 is 0 Å². The molecule has 2 aromatic rings. The van der Waals surface area contributed by atoms with Gasteiger partial charge in [-0.2, -0.15) is 0 Å². The molecular weight excluding hydrogens is 176 g/mol. The molecule has 14 heavy (non-hydrogen) atoms. The van der Waals surface area contributed by atoms with Crippen molar-refractivity contribution in [2.45, 2.75) is 13.8 Å². The van der Waals surface area contributed by atoms with Gasteiger partial charge in [-0.3, -0.25) is 0 Å². The summed E-state index contributed by atoms with van der Waals surface area (Å²) in [6, 6.07) is 8.11. The van der Waals surface area contributed by atoms with E-state index >= 15 is 0 Å². The average Bonchev–Trinajstić information content (AvgIpc) is 2.50. The number of aromatic nitrogens is 1. The van der Waals surface area contributed by atoms with Crippen LogP contribution in [0, 0.1) is 13.8 Å². The molecule has 0 saturated carbocycles. The fourth-order valence-electron chi connectivity index (χ4n) is 1.33. The molecule has 72 valence electrons. The van der Waals surface area contributed by atoms with Gasteiger partial charge in [-0.1, -0.05) is 35.0 Å². The summed E-state index contributed by atoms with van der Waals surface area (Å²) in [6.45, 7) is 3.95. The van der Waals surface area contributed by atoms with Crippen LogP contribution in [-0.4, -0.2) is 5.16 Å². The summed E-state index contributed by atoms with van der Waals surface area (Å²) in [5.41, 5.74) is 9.56. The van der Waals surface area contributed by atoms with E-state index in [9.17, 15) is 0 Å². The van der Waals surface area contributed by atoms with Gasteiger partial charge in [0, 0.05) is 11.1 Å². The Morgan fingerprint density at radius 3 is 2.29 bits per heavy atom. The lowest BCUT2D eigenvalue weighted by atomic mass is 10.1. The van der Waals surface area contributed by atoms with Crippen LogP contribution in [-0.2, 0) is 0 Å². The SMILES string of the molecule is Cc1ccc(-c2noc(N)c2C)cc1. The predicted octanol–water partition coefficient (Wildman–Crippen LogP) is 2.54. The molecule has 0 radical (unpaired) electrons. The molecule has 0 aliphatic rings. The summed E-state index contributed by atoms with van der Waals surface area (Å²) in [5.74, 6) is 0.389. The van der Waals surface area contributed by atoms with Gasteiger partial charge in [0.2, 0.25) is 5.88 Å². The van der Waals surface area contributed by atoms with Crippen molar-refractivity contribution in [1.82, 2.24) is 5.16 Å². The monoisotopic (exact) mass is 188 g/mol. The van der Waals surface area contributed by atoms with Gasteiger partial charge in [-0.15, -0.1) is 0 Å². The molecule has 0 aliphatic heterocycles. The molecule has 0 bridgehead atoms. The van der Waals surface area contributed by atoms with Gasteiger partial charge < -0.3 is 10.3 Å². The third kappa shape index (κ3) is 1.37. The van der Waals surface area contributed by atoms with Gasteiger partial charge in [0.05, 0.1) is 0 Å². The van der Waals surface area contributed by atoms with Crippen molar-refractivity contribution in [1.29, 1.82) is 0 Å². The van der Waals surface area contributed by atoms with E-state index in [1.54, 1.807) is 0 Å². The van der Waals surface area contributed by atoms with Gasteiger partial charge in [0.15, 0.2) is 0 Å². The third-order valence-electron chi connectivity index (χ3n) is 2.29. The Balaban J connectivity index is 2.49. The van der Waals surface area contributed by atoms with Gasteiger partial charge >= 0.3 is 0 Å². The molecule has 0 spiro atoms. The van der Waals surface area contributed by atoms with E-state index in [1.165, 1.54) is 5.56 Å². The zero-order valence-corrected chi connectivity index (χ0v) is 8.24. The molecule has 3 nitrogen and oxygen atoms in total. The van der Waals surface area contributed by atoms with Gasteiger partial charge in [-0.05, 0) is 13.8 Å². The number of anilines is 1. The number of hydrogen-bond donors (Lipinski definition) is 1. The highest BCUT2D eigenvalue weighted by atomic mass is 16.5. The maximum absolute atomic E-state index is 5.58. The first-order chi connectivity index (χ1) is 6.68. The highest BCUT2D eigenvalue weighted by molar-refractivity contribution is 5.66. The second-order valence-corrected chi connectivity index (χ2v) is 3.39. The minimum atomic E-state index is 0.389. The van der Waals surface area contributed by atoms with Gasteiger partial charge in [-0.25, -0.2) is 0 Å². The zero-order chi connectivity index (χ0) is 10.1. The molecule has 1 aromatic carbocycles. The normalized spacial score (nSPS) is 10.4. The molecule has 3 heteroatoms. The quantitative estimate of drug-likeness (QED) is 0.748. The molecule has 2 rings (SSSR count). The number of rotatable bonds is 1. The summed E-state index contributed by atoms with van der Waals surface area (Å²) in [7, 11) is 0. The number of nitrogens with two attached hydrogens (primary N) is 1. The highest BCUT2D eigenvalue weighted by Crippen LogP contribution is 2.25. The summed E-state index contributed by atoms with van der Waals surface area (Å²) >= 11 is 0. The standard InChI is InChI=1S/C11H12N2O/c1-7-3-5-9(6-4-7)10-8(2)11(12)14-13-10/h3-6H,12H2,1-2H3. The second-order valence-electron chi connectivity index (χ2n) is 3.39. The molecule has 0 atom stereocenters. The molecule has 1 aromatic heterocycles.